The summed E-state index contributed by atoms with van der Waals surface area (Å²) >= 11 is 0. The number of phenolic OH excluding ortho intramolecular Hbond substituents is 3. The second-order valence-electron chi connectivity index (χ2n) is 14.9. The molecule has 0 aliphatic heterocycles. The first-order valence-corrected chi connectivity index (χ1v) is 32.1. The Hall–Kier alpha value is -1.26. The number of phenols is 3. The van der Waals surface area contributed by atoms with Crippen molar-refractivity contribution >= 4 is 132 Å². The first-order valence-electron chi connectivity index (χ1n) is 24.6. The number of nitrogen functional groups attached to an aromatic ring is 1. The average molecular weight is 2210 g/mol. The normalized spacial score (nSPS) is 9.14. The van der Waals surface area contributed by atoms with E-state index >= 15 is 0 Å². The van der Waals surface area contributed by atoms with Crippen LogP contribution in [0.15, 0.2) is 78.9 Å². The van der Waals surface area contributed by atoms with Crippen LogP contribution < -0.4 is 16.8 Å². The van der Waals surface area contributed by atoms with E-state index in [-0.39, 0.29) is 225 Å². The average Bonchev–Trinajstić information content (AvgIpc) is 3.45. The molecule has 88 heavy (non-hydrogen) atoms. The number of anilines is 1. The minimum absolute atomic E-state index is 0. The largest absolute Gasteiger partial charge is 0.556 e. The van der Waals surface area contributed by atoms with Crippen LogP contribution in [0.3, 0.4) is 0 Å². The summed E-state index contributed by atoms with van der Waals surface area (Å²) in [6, 6.07) is 13.2. The Morgan fingerprint density at radius 3 is 1.39 bits per heavy atom. The maximum Gasteiger partial charge on any atom is 0.371 e. The van der Waals surface area contributed by atoms with Gasteiger partial charge < -0.3 is 61.2 Å². The van der Waals surface area contributed by atoms with E-state index in [4.69, 9.17) is 27.1 Å². The first kappa shape index (κ1) is 108. The number of carboxylic acids is 2. The molecule has 3 aromatic rings. The van der Waals surface area contributed by atoms with Crippen molar-refractivity contribution in [3.8, 4) is 17.2 Å². The molecule has 1 amide bonds. The van der Waals surface area contributed by atoms with Gasteiger partial charge in [0, 0.05) is 197 Å². The molecule has 11 N–H and O–H groups in total. The number of methoxy groups -OCH3 is 3. The van der Waals surface area contributed by atoms with Crippen LogP contribution in [-0.4, -0.2) is 156 Å². The van der Waals surface area contributed by atoms with Crippen molar-refractivity contribution < 1.29 is 224 Å². The second-order valence-corrected chi connectivity index (χ2v) is 22.7. The maximum absolute atomic E-state index is 12.0. The van der Waals surface area contributed by atoms with Gasteiger partial charge in [0.15, 0.2) is 0 Å². The zero-order valence-electron chi connectivity index (χ0n) is 49.2. The van der Waals surface area contributed by atoms with E-state index in [0.29, 0.717) is 59.9 Å². The molecule has 487 valence electrons. The Bertz CT molecular complexity index is 2450. The van der Waals surface area contributed by atoms with E-state index in [0.717, 1.165) is 30.7 Å². The standard InChI is InChI=1S/C19H25NO5S2.C13H17NO4S2.C8H9NO3.C6H10O2.C5H9BNO3S2.C2H6.CH4.2U.2V.2W/c1-3-4-5-6-18(23)20-9-10-26-27-13-15(21)11-14-7-8-17(22)16(12-14)19(24)25-2;1-18-13(17)11-7-9(2-3-12(11)16)6-10(15)8-20-19-5-4-14;1-12-8(11)6-4-5(9)2-3-7(6)10;1-2-3-4-5-6(7)8;7-4-10-6-1-2-11-12-3-5(8)9;1-2;;;;;;;/h4-5,7-8,12,22H,3,6,9-11,13H2,1-2H3,(H,20,23);2-3,7,16H,4-6,8,14H2,1H3;2-4,10H,9H2,1H3;3-4H,2,5H2,1H3,(H,7,8);4,7H,1-3H2,(H,8,9);1-2H3;1H4;;;;;;/b5-4-;;;4-3-;;;;;;;;;. The molecule has 0 aliphatic rings. The molecular formula is C54H80BN4O17S6U2V2W2. The maximum atomic E-state index is 12.0. The monoisotopic (exact) mass is 2210 g/mol. The van der Waals surface area contributed by atoms with Gasteiger partial charge in [0.05, 0.1) is 39.3 Å². The number of carbonyl (C=O) groups excluding carboxylic acids is 6. The molecule has 3 rings (SSSR count). The van der Waals surface area contributed by atoms with Crippen LogP contribution in [0.2, 0.25) is 6.32 Å². The number of allylic oxidation sites excluding steroid dienone is 2. The van der Waals surface area contributed by atoms with E-state index in [1.807, 2.05) is 45.9 Å². The number of nitrogens with two attached hydrogens (primary N) is 2. The number of amides is 1. The number of benzene rings is 3. The molecule has 0 spiro atoms. The number of aliphatic carboxylic acids is 2. The molecule has 0 unspecified atom stereocenters. The zero-order valence-corrected chi connectivity index (χ0v) is 71.1. The van der Waals surface area contributed by atoms with Crippen LogP contribution in [0.5, 0.6) is 17.2 Å². The summed E-state index contributed by atoms with van der Waals surface area (Å²) in [5.41, 5.74) is 12.7. The first-order chi connectivity index (χ1) is 38.7. The molecule has 34 heteroatoms. The van der Waals surface area contributed by atoms with Gasteiger partial charge in [0.25, 0.3) is 0 Å². The van der Waals surface area contributed by atoms with E-state index in [9.17, 15) is 53.7 Å². The molecule has 0 bridgehead atoms. The zero-order chi connectivity index (χ0) is 61.8. The van der Waals surface area contributed by atoms with Crippen molar-refractivity contribution in [1.29, 1.82) is 5.41 Å². The Balaban J connectivity index is -0.000000111. The number of ketones is 2. The van der Waals surface area contributed by atoms with Crippen LogP contribution in [0, 0.1) is 67.6 Å². The quantitative estimate of drug-likeness (QED) is 0.00268. The molecule has 0 aliphatic carbocycles. The summed E-state index contributed by atoms with van der Waals surface area (Å²) in [5, 5.41) is 54.1. The molecule has 0 heterocycles. The van der Waals surface area contributed by atoms with E-state index in [2.05, 4.69) is 24.2 Å². The number of rotatable bonds is 32. The molecule has 0 fully saturated rings. The molecule has 0 saturated heterocycles. The van der Waals surface area contributed by atoms with Crippen molar-refractivity contribution in [1.82, 2.24) is 5.32 Å². The Morgan fingerprint density at radius 2 is 0.989 bits per heavy atom. The van der Waals surface area contributed by atoms with Crippen molar-refractivity contribution in [2.75, 3.05) is 74.7 Å². The molecule has 0 aromatic heterocycles. The topological polar surface area (TPSA) is 363 Å². The fraction of sp³-hybridized carbons (Fsp3) is 0.426. The number of esters is 3. The smallest absolute Gasteiger partial charge is 0.371 e. The van der Waals surface area contributed by atoms with E-state index < -0.39 is 29.8 Å². The Kier molecular flexibility index (Phi) is 92.0. The van der Waals surface area contributed by atoms with Crippen molar-refractivity contribution in [2.24, 2.45) is 5.73 Å². The number of Topliss-reactive ketones (excluding diaryl/α,β-unsaturated/α-hetero) is 2. The summed E-state index contributed by atoms with van der Waals surface area (Å²) in [5.74, 6) is -0.652. The van der Waals surface area contributed by atoms with Crippen LogP contribution in [-0.2, 0) is 135 Å². The summed E-state index contributed by atoms with van der Waals surface area (Å²) in [6.07, 6.45) is 11.6. The second kappa shape index (κ2) is 74.8. The fourth-order valence-corrected chi connectivity index (χ4v) is 10.4. The van der Waals surface area contributed by atoms with Gasteiger partial charge in [-0.1, -0.05) is 136 Å². The Labute approximate surface area is 642 Å². The van der Waals surface area contributed by atoms with Gasteiger partial charge in [-0.3, -0.25) is 29.4 Å². The van der Waals surface area contributed by atoms with Crippen molar-refractivity contribution in [3.05, 3.63) is 107 Å². The number of aromatic hydroxyl groups is 3. The van der Waals surface area contributed by atoms with Crippen LogP contribution in [0.25, 0.3) is 0 Å². The minimum atomic E-state index is -0.799. The number of nitrogens with one attached hydrogen (secondary N) is 2. The summed E-state index contributed by atoms with van der Waals surface area (Å²) in [6.45, 7) is 9.14. The molecule has 0 atom stereocenters. The van der Waals surface area contributed by atoms with E-state index in [1.54, 1.807) is 29.0 Å². The van der Waals surface area contributed by atoms with Crippen LogP contribution >= 0.6 is 64.8 Å². The van der Waals surface area contributed by atoms with E-state index in [1.165, 1.54) is 125 Å². The summed E-state index contributed by atoms with van der Waals surface area (Å²) in [4.78, 5) is 89.1. The molecule has 21 nitrogen and oxygen atoms in total. The third kappa shape index (κ3) is 62.2. The number of hydrogen-bond donors (Lipinski definition) is 9. The predicted octanol–water partition coefficient (Wildman–Crippen LogP) is 9.73. The number of carboxylic acid groups (broad SMARTS) is 2. The number of ether oxygens (including phenoxy) is 3. The third-order valence-corrected chi connectivity index (χ3v) is 15.6. The molecule has 3 aromatic carbocycles. The van der Waals surface area contributed by atoms with Gasteiger partial charge in [-0.05, 0) is 72.8 Å². The van der Waals surface area contributed by atoms with Crippen molar-refractivity contribution in [2.45, 2.75) is 80.0 Å². The van der Waals surface area contributed by atoms with Gasteiger partial charge >= 0.3 is 37.3 Å². The van der Waals surface area contributed by atoms with Gasteiger partial charge in [-0.15, -0.1) is 0 Å². The van der Waals surface area contributed by atoms with Gasteiger partial charge in [-0.2, -0.15) is 0 Å². The molecule has 0 saturated carbocycles. The third-order valence-electron chi connectivity index (χ3n) is 8.63. The van der Waals surface area contributed by atoms with Crippen LogP contribution in [0.4, 0.5) is 5.69 Å². The van der Waals surface area contributed by atoms with Gasteiger partial charge in [0.2, 0.25) is 5.91 Å². The SMILES string of the molecule is C.CC.CC/C=C\CC(=O)NCCSSCC(=O)Cc1ccc(O)c(C(=O)OC)c1.CC/C=C\CC(=O)O.COC(=O)c1cc(CC(=O)CSSCCN)ccc1O.COC(=O)c1cc(N)ccc1O.N=CO[B]CCSSCC(=O)O.[U].[U].[V].[V].[W].[W]. The molecular weight excluding hydrogens is 2130 g/mol. The van der Waals surface area contributed by atoms with Gasteiger partial charge in [-0.25, -0.2) is 14.4 Å². The van der Waals surface area contributed by atoms with Crippen LogP contribution in [0.1, 0.15) is 103 Å². The number of hydrogen-bond acceptors (Lipinski definition) is 24. The van der Waals surface area contributed by atoms with Crippen molar-refractivity contribution in [3.63, 3.8) is 0 Å². The number of carbonyl (C=O) groups is 8. The summed E-state index contributed by atoms with van der Waals surface area (Å²) in [7, 11) is 14.0. The predicted molar refractivity (Wildman–Crippen MR) is 339 cm³/mol. The summed E-state index contributed by atoms with van der Waals surface area (Å²) < 4.78 is 18.1. The Morgan fingerprint density at radius 1 is 0.591 bits per heavy atom. The van der Waals surface area contributed by atoms with Gasteiger partial charge in [0.1, 0.15) is 57.7 Å². The minimum Gasteiger partial charge on any atom is -0.556 e. The fourth-order valence-electron chi connectivity index (χ4n) is 5.07. The molecule has 3 radical (unpaired) electrons.